The van der Waals surface area contributed by atoms with Gasteiger partial charge in [-0.2, -0.15) is 5.21 Å². The Balaban J connectivity index is 1.32. The summed E-state index contributed by atoms with van der Waals surface area (Å²) >= 11 is 5.07. The van der Waals surface area contributed by atoms with Crippen molar-refractivity contribution in [1.82, 2.24) is 30.5 Å². The molecule has 1 aliphatic heterocycles. The van der Waals surface area contributed by atoms with Gasteiger partial charge in [0.15, 0.2) is 0 Å². The number of nitrogens with one attached hydrogen (secondary N) is 4. The van der Waals surface area contributed by atoms with Gasteiger partial charge in [0.2, 0.25) is 16.6 Å². The van der Waals surface area contributed by atoms with E-state index in [9.17, 15) is 19.2 Å². The first-order chi connectivity index (χ1) is 15.9. The maximum absolute atomic E-state index is 12.6. The molecule has 33 heavy (non-hydrogen) atoms. The summed E-state index contributed by atoms with van der Waals surface area (Å²) in [5, 5.41) is 12.8. The van der Waals surface area contributed by atoms with Crippen LogP contribution in [0.2, 0.25) is 0 Å². The van der Waals surface area contributed by atoms with Gasteiger partial charge in [-0.25, -0.2) is 4.68 Å². The lowest BCUT2D eigenvalue weighted by atomic mass is 10.2. The fraction of sp³-hybridized carbons (Fsp3) is 0.150. The smallest absolute Gasteiger partial charge is 0.258 e. The van der Waals surface area contributed by atoms with Gasteiger partial charge in [0.1, 0.15) is 6.54 Å². The molecule has 4 rings (SSSR count). The predicted molar refractivity (Wildman–Crippen MR) is 119 cm³/mol. The highest BCUT2D eigenvalue weighted by atomic mass is 32.1. The van der Waals surface area contributed by atoms with Gasteiger partial charge in [-0.3, -0.25) is 34.9 Å². The van der Waals surface area contributed by atoms with Crippen molar-refractivity contribution in [2.75, 3.05) is 17.3 Å². The summed E-state index contributed by atoms with van der Waals surface area (Å²) in [6.45, 7) is -0.336. The summed E-state index contributed by atoms with van der Waals surface area (Å²) < 4.78 is 1.71. The molecule has 13 heteroatoms. The molecule has 1 aromatic heterocycles. The zero-order chi connectivity index (χ0) is 23.4. The van der Waals surface area contributed by atoms with Crippen molar-refractivity contribution in [3.8, 4) is 5.69 Å². The van der Waals surface area contributed by atoms with E-state index < -0.39 is 5.91 Å². The van der Waals surface area contributed by atoms with E-state index in [0.717, 1.165) is 4.90 Å². The zero-order valence-electron chi connectivity index (χ0n) is 17.1. The zero-order valence-corrected chi connectivity index (χ0v) is 17.9. The largest absolute Gasteiger partial charge is 0.322 e. The van der Waals surface area contributed by atoms with E-state index in [1.165, 1.54) is 4.68 Å². The van der Waals surface area contributed by atoms with Crippen LogP contribution in [0.15, 0.2) is 48.5 Å². The van der Waals surface area contributed by atoms with E-state index in [-0.39, 0.29) is 41.9 Å². The van der Waals surface area contributed by atoms with E-state index in [2.05, 4.69) is 31.7 Å². The van der Waals surface area contributed by atoms with Gasteiger partial charge >= 0.3 is 0 Å². The van der Waals surface area contributed by atoms with E-state index in [1.54, 1.807) is 48.5 Å². The fourth-order valence-electron chi connectivity index (χ4n) is 3.12. The molecule has 0 aliphatic carbocycles. The molecule has 3 aromatic rings. The van der Waals surface area contributed by atoms with Gasteiger partial charge in [0, 0.05) is 24.1 Å². The minimum absolute atomic E-state index is 0.130. The van der Waals surface area contributed by atoms with Gasteiger partial charge in [0.25, 0.3) is 11.8 Å². The number of hydrogen-bond donors (Lipinski definition) is 4. The van der Waals surface area contributed by atoms with Crippen molar-refractivity contribution in [3.05, 3.63) is 58.9 Å². The maximum Gasteiger partial charge on any atom is 0.258 e. The molecule has 0 unspecified atom stereocenters. The van der Waals surface area contributed by atoms with Crippen LogP contribution in [0.4, 0.5) is 11.4 Å². The summed E-state index contributed by atoms with van der Waals surface area (Å²) in [7, 11) is 0. The van der Waals surface area contributed by atoms with Crippen LogP contribution in [0.5, 0.6) is 0 Å². The Labute approximate surface area is 191 Å². The number of nitrogens with zero attached hydrogens (tertiary/aromatic N) is 4. The Morgan fingerprint density at radius 3 is 2.39 bits per heavy atom. The molecule has 2 heterocycles. The number of carbonyl (C=O) groups is 4. The van der Waals surface area contributed by atoms with E-state index in [1.807, 2.05) is 0 Å². The normalized spacial score (nSPS) is 13.2. The fourth-order valence-corrected chi connectivity index (χ4v) is 3.30. The van der Waals surface area contributed by atoms with E-state index in [4.69, 9.17) is 12.2 Å². The van der Waals surface area contributed by atoms with Crippen LogP contribution in [0, 0.1) is 4.77 Å². The molecular weight excluding hydrogens is 448 g/mol. The van der Waals surface area contributed by atoms with Crippen molar-refractivity contribution in [3.63, 3.8) is 0 Å². The molecule has 0 bridgehead atoms. The second-order valence-electron chi connectivity index (χ2n) is 7.05. The van der Waals surface area contributed by atoms with Gasteiger partial charge < -0.3 is 5.32 Å². The molecule has 4 N–H and O–H groups in total. The molecule has 168 valence electrons. The quantitative estimate of drug-likeness (QED) is 0.230. The van der Waals surface area contributed by atoms with Crippen molar-refractivity contribution in [2.24, 2.45) is 0 Å². The third-order valence-corrected chi connectivity index (χ3v) is 5.05. The lowest BCUT2D eigenvalue weighted by Gasteiger charge is -2.14. The van der Waals surface area contributed by atoms with Crippen LogP contribution in [0.25, 0.3) is 5.69 Å². The number of aromatic nitrogens is 4. The molecule has 12 nitrogen and oxygen atoms in total. The van der Waals surface area contributed by atoms with Crippen LogP contribution in [0.3, 0.4) is 0 Å². The number of tetrazole rings is 1. The first kappa shape index (κ1) is 21.8. The van der Waals surface area contributed by atoms with Crippen molar-refractivity contribution in [1.29, 1.82) is 0 Å². The summed E-state index contributed by atoms with van der Waals surface area (Å²) in [5.74, 6) is -1.57. The Kier molecular flexibility index (Phi) is 6.22. The molecular formula is C20H18N8O4S. The Hall–Kier alpha value is -4.39. The number of H-pyrrole nitrogens is 1. The summed E-state index contributed by atoms with van der Waals surface area (Å²) in [6, 6.07) is 13.4. The minimum Gasteiger partial charge on any atom is -0.322 e. The SMILES string of the molecule is O=C(CN1C(=O)CCC1=O)NNc1ccc(NC(=O)c2cccc(-n3[nH]nnc3=S)c2)cc1. The van der Waals surface area contributed by atoms with Gasteiger partial charge in [-0.1, -0.05) is 16.4 Å². The highest BCUT2D eigenvalue weighted by Gasteiger charge is 2.30. The molecule has 0 saturated carbocycles. The number of amides is 4. The number of aromatic amines is 1. The third kappa shape index (κ3) is 5.10. The lowest BCUT2D eigenvalue weighted by molar-refractivity contribution is -0.142. The minimum atomic E-state index is -0.525. The maximum atomic E-state index is 12.6. The molecule has 2 aromatic carbocycles. The van der Waals surface area contributed by atoms with Gasteiger partial charge in [-0.15, -0.1) is 0 Å². The van der Waals surface area contributed by atoms with Crippen LogP contribution < -0.4 is 16.2 Å². The van der Waals surface area contributed by atoms with E-state index in [0.29, 0.717) is 22.6 Å². The Bertz CT molecular complexity index is 1270. The molecule has 1 aliphatic rings. The number of carbonyl (C=O) groups excluding carboxylic acids is 4. The summed E-state index contributed by atoms with van der Waals surface area (Å²) in [4.78, 5) is 48.7. The number of rotatable bonds is 7. The highest BCUT2D eigenvalue weighted by molar-refractivity contribution is 7.71. The van der Waals surface area contributed by atoms with Crippen LogP contribution in [-0.2, 0) is 14.4 Å². The number of imide groups is 1. The molecule has 0 spiro atoms. The van der Waals surface area contributed by atoms with Gasteiger partial charge in [0.05, 0.1) is 11.4 Å². The van der Waals surface area contributed by atoms with Gasteiger partial charge in [-0.05, 0) is 54.7 Å². The molecule has 0 radical (unpaired) electrons. The second-order valence-corrected chi connectivity index (χ2v) is 7.41. The Morgan fingerprint density at radius 2 is 1.73 bits per heavy atom. The van der Waals surface area contributed by atoms with E-state index >= 15 is 0 Å². The molecule has 4 amide bonds. The van der Waals surface area contributed by atoms with Crippen LogP contribution in [0.1, 0.15) is 23.2 Å². The van der Waals surface area contributed by atoms with Crippen molar-refractivity contribution >= 4 is 47.2 Å². The monoisotopic (exact) mass is 466 g/mol. The lowest BCUT2D eigenvalue weighted by Crippen LogP contribution is -2.41. The average Bonchev–Trinajstić information content (AvgIpc) is 3.39. The number of anilines is 2. The third-order valence-electron chi connectivity index (χ3n) is 4.78. The number of likely N-dealkylation sites (tertiary alicyclic amines) is 1. The molecule has 1 fully saturated rings. The number of hydrazine groups is 1. The van der Waals surface area contributed by atoms with Crippen LogP contribution in [-0.4, -0.2) is 55.3 Å². The molecule has 1 saturated heterocycles. The molecule has 0 atom stereocenters. The number of hydrogen-bond acceptors (Lipinski definition) is 8. The summed E-state index contributed by atoms with van der Waals surface area (Å²) in [6.07, 6.45) is 0.260. The standard InChI is InChI=1S/C20H18N8O4S/c29-16(11-27-17(30)8-9-18(27)31)23-22-14-6-4-13(5-7-14)21-19(32)12-2-1-3-15(10-12)28-20(33)24-25-26-28/h1-7,10,22H,8-9,11H2,(H,21,32)(H,23,29)(H,24,26,33). The Morgan fingerprint density at radius 1 is 1.03 bits per heavy atom. The highest BCUT2D eigenvalue weighted by Crippen LogP contribution is 2.16. The van der Waals surface area contributed by atoms with Crippen molar-refractivity contribution in [2.45, 2.75) is 12.8 Å². The second kappa shape index (κ2) is 9.40. The first-order valence-electron chi connectivity index (χ1n) is 9.81. The predicted octanol–water partition coefficient (Wildman–Crippen LogP) is 1.17. The first-order valence-corrected chi connectivity index (χ1v) is 10.2. The van der Waals surface area contributed by atoms with Crippen LogP contribution >= 0.6 is 12.2 Å². The number of benzene rings is 2. The van der Waals surface area contributed by atoms with Crippen molar-refractivity contribution < 1.29 is 19.2 Å². The average molecular weight is 466 g/mol. The topological polar surface area (TPSA) is 154 Å². The summed E-state index contributed by atoms with van der Waals surface area (Å²) in [5.41, 5.74) is 7.24.